The highest BCUT2D eigenvalue weighted by Crippen LogP contribution is 2.23. The molecule has 2 rings (SSSR count). The summed E-state index contributed by atoms with van der Waals surface area (Å²) in [5.41, 5.74) is 1.75. The van der Waals surface area contributed by atoms with Crippen LogP contribution in [0.25, 0.3) is 0 Å². The van der Waals surface area contributed by atoms with E-state index in [4.69, 9.17) is 14.2 Å². The highest BCUT2D eigenvalue weighted by Gasteiger charge is 2.03. The third-order valence-corrected chi connectivity index (χ3v) is 3.82. The zero-order valence-corrected chi connectivity index (χ0v) is 16.2. The fraction of sp³-hybridized carbons (Fsp3) is 0.273. The number of esters is 1. The molecule has 0 amide bonds. The van der Waals surface area contributed by atoms with Crippen LogP contribution in [0, 0.1) is 0 Å². The summed E-state index contributed by atoms with van der Waals surface area (Å²) < 4.78 is 15.7. The van der Waals surface area contributed by atoms with E-state index in [1.54, 1.807) is 32.4 Å². The number of unbranched alkanes of at least 4 members (excludes halogenated alkanes) is 1. The van der Waals surface area contributed by atoms with Gasteiger partial charge in [0.15, 0.2) is 0 Å². The Morgan fingerprint density at radius 3 is 2.43 bits per heavy atom. The second kappa shape index (κ2) is 10.8. The zero-order chi connectivity index (χ0) is 20.4. The molecule has 0 aliphatic rings. The predicted molar refractivity (Wildman–Crippen MR) is 109 cm³/mol. The first-order chi connectivity index (χ1) is 13.5. The topological polar surface area (TPSA) is 77.4 Å². The lowest BCUT2D eigenvalue weighted by Gasteiger charge is -2.07. The first-order valence-corrected chi connectivity index (χ1v) is 8.96. The van der Waals surface area contributed by atoms with E-state index in [-0.39, 0.29) is 11.7 Å². The third-order valence-electron chi connectivity index (χ3n) is 3.82. The molecular formula is C22H25NO5. The van der Waals surface area contributed by atoms with Crippen LogP contribution < -0.4 is 9.47 Å². The standard InChI is InChI=1S/C22H25NO5/c1-16(2)22(25)28-13-5-4-12-27-19-10-7-18(8-11-19)23-15-17-6-9-20(26-3)14-21(17)24/h6-11,14-15,24H,1,4-5,12-13H2,2-3H3. The fourth-order valence-electron chi connectivity index (χ4n) is 2.21. The molecule has 0 heterocycles. The number of rotatable bonds is 10. The van der Waals surface area contributed by atoms with Crippen LogP contribution in [-0.2, 0) is 9.53 Å². The summed E-state index contributed by atoms with van der Waals surface area (Å²) in [6, 6.07) is 12.4. The molecule has 148 valence electrons. The highest BCUT2D eigenvalue weighted by molar-refractivity contribution is 5.87. The molecule has 0 aliphatic heterocycles. The first kappa shape index (κ1) is 21.0. The van der Waals surface area contributed by atoms with E-state index in [0.717, 1.165) is 24.3 Å². The van der Waals surface area contributed by atoms with Gasteiger partial charge in [-0.25, -0.2) is 4.79 Å². The van der Waals surface area contributed by atoms with Crippen molar-refractivity contribution in [3.63, 3.8) is 0 Å². The Kier molecular flexibility index (Phi) is 8.09. The minimum absolute atomic E-state index is 0.108. The maximum atomic E-state index is 11.2. The number of aromatic hydroxyl groups is 1. The van der Waals surface area contributed by atoms with Crippen molar-refractivity contribution in [2.45, 2.75) is 19.8 Å². The van der Waals surface area contributed by atoms with E-state index in [9.17, 15) is 9.90 Å². The molecule has 0 saturated heterocycles. The van der Waals surface area contributed by atoms with Gasteiger partial charge in [0, 0.05) is 23.4 Å². The van der Waals surface area contributed by atoms with Gasteiger partial charge in [-0.3, -0.25) is 4.99 Å². The predicted octanol–water partition coefficient (Wildman–Crippen LogP) is 4.43. The molecule has 2 aromatic rings. The number of aliphatic imine (C=N–C) groups is 1. The third kappa shape index (κ3) is 6.79. The van der Waals surface area contributed by atoms with Crippen molar-refractivity contribution < 1.29 is 24.1 Å². The number of methoxy groups -OCH3 is 1. The summed E-state index contributed by atoms with van der Waals surface area (Å²) in [6.45, 7) is 6.05. The number of hydrogen-bond acceptors (Lipinski definition) is 6. The molecule has 0 radical (unpaired) electrons. The van der Waals surface area contributed by atoms with Crippen LogP contribution in [-0.4, -0.2) is 37.6 Å². The van der Waals surface area contributed by atoms with Gasteiger partial charge < -0.3 is 19.3 Å². The molecular weight excluding hydrogens is 358 g/mol. The Bertz CT molecular complexity index is 827. The number of carbonyl (C=O) groups is 1. The van der Waals surface area contributed by atoms with Crippen molar-refractivity contribution in [2.24, 2.45) is 4.99 Å². The minimum atomic E-state index is -0.361. The average Bonchev–Trinajstić information content (AvgIpc) is 2.70. The summed E-state index contributed by atoms with van der Waals surface area (Å²) in [7, 11) is 1.55. The number of ether oxygens (including phenoxy) is 3. The maximum Gasteiger partial charge on any atom is 0.333 e. The van der Waals surface area contributed by atoms with Gasteiger partial charge in [-0.1, -0.05) is 6.58 Å². The Balaban J connectivity index is 1.75. The normalized spacial score (nSPS) is 10.6. The van der Waals surface area contributed by atoms with Crippen molar-refractivity contribution in [3.8, 4) is 17.2 Å². The average molecular weight is 383 g/mol. The lowest BCUT2D eigenvalue weighted by atomic mass is 10.2. The molecule has 0 fully saturated rings. The number of phenolic OH excluding ortho intramolecular Hbond substituents is 1. The van der Waals surface area contributed by atoms with Crippen LogP contribution in [0.3, 0.4) is 0 Å². The van der Waals surface area contributed by atoms with Crippen LogP contribution in [0.2, 0.25) is 0 Å². The molecule has 6 nitrogen and oxygen atoms in total. The van der Waals surface area contributed by atoms with Gasteiger partial charge in [-0.2, -0.15) is 0 Å². The van der Waals surface area contributed by atoms with Gasteiger partial charge in [0.05, 0.1) is 26.0 Å². The summed E-state index contributed by atoms with van der Waals surface area (Å²) in [5, 5.41) is 9.94. The summed E-state index contributed by atoms with van der Waals surface area (Å²) in [5.74, 6) is 1.08. The number of phenols is 1. The number of hydrogen-bond donors (Lipinski definition) is 1. The van der Waals surface area contributed by atoms with Crippen molar-refractivity contribution in [2.75, 3.05) is 20.3 Å². The monoisotopic (exact) mass is 383 g/mol. The minimum Gasteiger partial charge on any atom is -0.507 e. The van der Waals surface area contributed by atoms with Crippen LogP contribution in [0.15, 0.2) is 59.6 Å². The Labute approximate surface area is 165 Å². The Morgan fingerprint density at radius 2 is 1.79 bits per heavy atom. The van der Waals surface area contributed by atoms with Crippen LogP contribution >= 0.6 is 0 Å². The lowest BCUT2D eigenvalue weighted by Crippen LogP contribution is -2.07. The van der Waals surface area contributed by atoms with Crippen molar-refractivity contribution in [3.05, 3.63) is 60.2 Å². The van der Waals surface area contributed by atoms with Gasteiger partial charge in [-0.15, -0.1) is 0 Å². The van der Waals surface area contributed by atoms with E-state index >= 15 is 0 Å². The van der Waals surface area contributed by atoms with Crippen LogP contribution in [0.1, 0.15) is 25.3 Å². The molecule has 0 aromatic heterocycles. The number of benzene rings is 2. The van der Waals surface area contributed by atoms with Crippen LogP contribution in [0.4, 0.5) is 5.69 Å². The maximum absolute atomic E-state index is 11.2. The highest BCUT2D eigenvalue weighted by atomic mass is 16.5. The molecule has 0 spiro atoms. The quantitative estimate of drug-likeness (QED) is 0.284. The molecule has 0 atom stereocenters. The van der Waals surface area contributed by atoms with Gasteiger partial charge in [0.2, 0.25) is 0 Å². The van der Waals surface area contributed by atoms with E-state index in [1.165, 1.54) is 6.07 Å². The van der Waals surface area contributed by atoms with E-state index < -0.39 is 0 Å². The van der Waals surface area contributed by atoms with Gasteiger partial charge in [0.25, 0.3) is 0 Å². The zero-order valence-electron chi connectivity index (χ0n) is 16.2. The Morgan fingerprint density at radius 1 is 1.11 bits per heavy atom. The van der Waals surface area contributed by atoms with E-state index in [0.29, 0.717) is 30.1 Å². The molecule has 1 N–H and O–H groups in total. The summed E-state index contributed by atoms with van der Waals surface area (Å²) in [4.78, 5) is 15.6. The summed E-state index contributed by atoms with van der Waals surface area (Å²) >= 11 is 0. The SMILES string of the molecule is C=C(C)C(=O)OCCCCOc1ccc(N=Cc2ccc(OC)cc2O)cc1. The first-order valence-electron chi connectivity index (χ1n) is 8.96. The number of carbonyl (C=O) groups excluding carboxylic acids is 1. The second-order valence-electron chi connectivity index (χ2n) is 6.15. The summed E-state index contributed by atoms with van der Waals surface area (Å²) in [6.07, 6.45) is 3.10. The van der Waals surface area contributed by atoms with Gasteiger partial charge in [0.1, 0.15) is 17.2 Å². The molecule has 0 unspecified atom stereocenters. The van der Waals surface area contributed by atoms with Crippen LogP contribution in [0.5, 0.6) is 17.2 Å². The fourth-order valence-corrected chi connectivity index (χ4v) is 2.21. The number of nitrogens with zero attached hydrogens (tertiary/aromatic N) is 1. The molecule has 0 saturated carbocycles. The van der Waals surface area contributed by atoms with Gasteiger partial charge in [-0.05, 0) is 56.2 Å². The second-order valence-corrected chi connectivity index (χ2v) is 6.15. The Hall–Kier alpha value is -3.28. The molecule has 2 aromatic carbocycles. The van der Waals surface area contributed by atoms with Gasteiger partial charge >= 0.3 is 5.97 Å². The van der Waals surface area contributed by atoms with Crippen molar-refractivity contribution >= 4 is 17.9 Å². The van der Waals surface area contributed by atoms with E-state index in [2.05, 4.69) is 11.6 Å². The molecule has 0 bridgehead atoms. The molecule has 0 aliphatic carbocycles. The largest absolute Gasteiger partial charge is 0.507 e. The molecule has 28 heavy (non-hydrogen) atoms. The smallest absolute Gasteiger partial charge is 0.333 e. The van der Waals surface area contributed by atoms with Crippen molar-refractivity contribution in [1.29, 1.82) is 0 Å². The molecule has 6 heteroatoms. The van der Waals surface area contributed by atoms with Crippen molar-refractivity contribution in [1.82, 2.24) is 0 Å². The lowest BCUT2D eigenvalue weighted by molar-refractivity contribution is -0.139. The van der Waals surface area contributed by atoms with E-state index in [1.807, 2.05) is 24.3 Å².